The fraction of sp³-hybridized carbons (Fsp3) is 0.480. The maximum atomic E-state index is 6.36. The van der Waals surface area contributed by atoms with E-state index in [0.717, 1.165) is 61.3 Å². The molecule has 0 radical (unpaired) electrons. The zero-order valence-corrected chi connectivity index (χ0v) is 20.5. The first-order valence-corrected chi connectivity index (χ1v) is 11.9. The normalized spacial score (nSPS) is 13.9. The Morgan fingerprint density at radius 1 is 1.03 bits per heavy atom. The van der Waals surface area contributed by atoms with Crippen molar-refractivity contribution in [3.8, 4) is 11.5 Å². The van der Waals surface area contributed by atoms with E-state index in [4.69, 9.17) is 25.8 Å². The van der Waals surface area contributed by atoms with E-state index in [-0.39, 0.29) is 0 Å². The van der Waals surface area contributed by atoms with Gasteiger partial charge in [0.25, 0.3) is 0 Å². The molecule has 178 valence electrons. The van der Waals surface area contributed by atoms with Crippen molar-refractivity contribution in [2.45, 2.75) is 33.1 Å². The molecular weight excluding hydrogens is 440 g/mol. The molecule has 1 saturated heterocycles. The number of morpholine rings is 1. The molecule has 8 heteroatoms. The summed E-state index contributed by atoms with van der Waals surface area (Å²) < 4.78 is 17.0. The second-order valence-electron chi connectivity index (χ2n) is 7.88. The Bertz CT molecular complexity index is 998. The van der Waals surface area contributed by atoms with Crippen LogP contribution in [0.5, 0.6) is 11.5 Å². The van der Waals surface area contributed by atoms with Crippen molar-refractivity contribution in [1.29, 1.82) is 0 Å². The van der Waals surface area contributed by atoms with E-state index in [1.54, 1.807) is 19.5 Å². The van der Waals surface area contributed by atoms with E-state index >= 15 is 0 Å². The molecule has 1 fully saturated rings. The molecule has 2 aromatic heterocycles. The van der Waals surface area contributed by atoms with Gasteiger partial charge in [0, 0.05) is 49.2 Å². The van der Waals surface area contributed by atoms with Crippen molar-refractivity contribution in [1.82, 2.24) is 20.1 Å². The molecule has 3 heterocycles. The predicted molar refractivity (Wildman–Crippen MR) is 131 cm³/mol. The van der Waals surface area contributed by atoms with Crippen molar-refractivity contribution in [2.75, 3.05) is 46.6 Å². The third-order valence-corrected chi connectivity index (χ3v) is 5.48. The first kappa shape index (κ1) is 25.1. The number of methoxy groups -OCH3 is 1. The Labute approximate surface area is 201 Å². The van der Waals surface area contributed by atoms with Crippen LogP contribution < -0.4 is 9.47 Å². The van der Waals surface area contributed by atoms with Crippen LogP contribution >= 0.6 is 11.6 Å². The second-order valence-corrected chi connectivity index (χ2v) is 8.24. The minimum Gasteiger partial charge on any atom is -0.493 e. The number of halogens is 1. The summed E-state index contributed by atoms with van der Waals surface area (Å²) in [5.74, 6) is 1.32. The lowest BCUT2D eigenvalue weighted by Gasteiger charge is -2.26. The maximum absolute atomic E-state index is 6.36. The molecule has 0 spiro atoms. The number of aromatic nitrogens is 3. The topological polar surface area (TPSA) is 69.6 Å². The summed E-state index contributed by atoms with van der Waals surface area (Å²) in [4.78, 5) is 6.46. The van der Waals surface area contributed by atoms with Gasteiger partial charge in [0.15, 0.2) is 16.7 Å². The smallest absolute Gasteiger partial charge is 0.161 e. The monoisotopic (exact) mass is 472 g/mol. The number of ether oxygens (including phenoxy) is 3. The fourth-order valence-corrected chi connectivity index (χ4v) is 3.77. The third-order valence-electron chi connectivity index (χ3n) is 5.20. The van der Waals surface area contributed by atoms with Crippen LogP contribution in [0.15, 0.2) is 36.7 Å². The van der Waals surface area contributed by atoms with Crippen LogP contribution in [0.2, 0.25) is 5.15 Å². The van der Waals surface area contributed by atoms with Crippen LogP contribution in [0.1, 0.15) is 37.9 Å². The molecule has 3 aromatic rings. The number of nitrogens with zero attached hydrogens (tertiary/aromatic N) is 4. The Hall–Kier alpha value is -2.48. The quantitative estimate of drug-likeness (QED) is 0.436. The molecule has 7 nitrogen and oxygen atoms in total. The van der Waals surface area contributed by atoms with Crippen LogP contribution in [0.25, 0.3) is 10.8 Å². The lowest BCUT2D eigenvalue weighted by Crippen LogP contribution is -2.37. The third kappa shape index (κ3) is 7.25. The zero-order chi connectivity index (χ0) is 23.5. The Balaban J connectivity index is 0.000000968. The van der Waals surface area contributed by atoms with E-state index in [1.807, 2.05) is 24.3 Å². The van der Waals surface area contributed by atoms with E-state index < -0.39 is 0 Å². The summed E-state index contributed by atoms with van der Waals surface area (Å²) in [5.41, 5.74) is 1.93. The van der Waals surface area contributed by atoms with Crippen LogP contribution in [-0.2, 0) is 11.2 Å². The van der Waals surface area contributed by atoms with Gasteiger partial charge in [-0.3, -0.25) is 9.88 Å². The van der Waals surface area contributed by atoms with E-state index in [0.29, 0.717) is 29.7 Å². The van der Waals surface area contributed by atoms with Gasteiger partial charge in [0.05, 0.1) is 32.6 Å². The molecule has 0 N–H and O–H groups in total. The first-order valence-electron chi connectivity index (χ1n) is 11.5. The number of hydrogen-bond donors (Lipinski definition) is 0. The summed E-state index contributed by atoms with van der Waals surface area (Å²) >= 11 is 6.36. The van der Waals surface area contributed by atoms with Gasteiger partial charge in [0.1, 0.15) is 0 Å². The Kier molecular flexibility index (Phi) is 10.1. The number of fused-ring (bicyclic) bond motifs is 1. The summed E-state index contributed by atoms with van der Waals surface area (Å²) in [7, 11) is 1.64. The summed E-state index contributed by atoms with van der Waals surface area (Å²) in [6.45, 7) is 9.41. The summed E-state index contributed by atoms with van der Waals surface area (Å²) in [6, 6.07) is 7.76. The van der Waals surface area contributed by atoms with Gasteiger partial charge in [-0.1, -0.05) is 31.9 Å². The second kappa shape index (κ2) is 13.3. The highest BCUT2D eigenvalue weighted by molar-refractivity contribution is 6.34. The van der Waals surface area contributed by atoms with Crippen molar-refractivity contribution in [3.05, 3.63) is 53.1 Å². The van der Waals surface area contributed by atoms with Gasteiger partial charge < -0.3 is 14.2 Å². The fourth-order valence-electron chi connectivity index (χ4n) is 3.57. The average molecular weight is 473 g/mol. The highest BCUT2D eigenvalue weighted by Gasteiger charge is 2.15. The molecule has 0 aliphatic carbocycles. The van der Waals surface area contributed by atoms with Crippen molar-refractivity contribution in [2.24, 2.45) is 0 Å². The predicted octanol–water partition coefficient (Wildman–Crippen LogP) is 4.80. The van der Waals surface area contributed by atoms with Crippen molar-refractivity contribution in [3.63, 3.8) is 0 Å². The molecule has 0 amide bonds. The van der Waals surface area contributed by atoms with Crippen molar-refractivity contribution >= 4 is 22.4 Å². The SMILES string of the molecule is CCC.COc1cc2c(Cc3ccncc3)nnc(Cl)c2cc1OCCCN1CCOCC1. The van der Waals surface area contributed by atoms with Crippen LogP contribution in [-0.4, -0.2) is 66.6 Å². The van der Waals surface area contributed by atoms with Gasteiger partial charge in [0.2, 0.25) is 0 Å². The molecule has 4 rings (SSSR count). The summed E-state index contributed by atoms with van der Waals surface area (Å²) in [6.07, 6.45) is 6.34. The van der Waals surface area contributed by atoms with Crippen LogP contribution in [0.4, 0.5) is 0 Å². The summed E-state index contributed by atoms with van der Waals surface area (Å²) in [5, 5.41) is 10.5. The maximum Gasteiger partial charge on any atom is 0.161 e. The van der Waals surface area contributed by atoms with E-state index in [2.05, 4.69) is 33.9 Å². The van der Waals surface area contributed by atoms with Gasteiger partial charge in [-0.15, -0.1) is 5.10 Å². The number of rotatable bonds is 8. The Morgan fingerprint density at radius 2 is 1.73 bits per heavy atom. The van der Waals surface area contributed by atoms with Gasteiger partial charge >= 0.3 is 0 Å². The zero-order valence-electron chi connectivity index (χ0n) is 19.7. The molecule has 1 aliphatic rings. The standard InChI is InChI=1S/C22H25ClN4O3.C3H8/c1-28-20-14-17-18(15-21(20)30-10-2-7-27-8-11-29-12-9-27)22(23)26-25-19(17)13-16-3-5-24-6-4-16;1-3-2/h3-6,14-15H,2,7-13H2,1H3;3H2,1-2H3. The van der Waals surface area contributed by atoms with Gasteiger partial charge in [-0.05, 0) is 36.2 Å². The molecule has 1 aliphatic heterocycles. The van der Waals surface area contributed by atoms with Gasteiger partial charge in [-0.25, -0.2) is 0 Å². The largest absolute Gasteiger partial charge is 0.493 e. The minimum absolute atomic E-state index is 0.351. The van der Waals surface area contributed by atoms with E-state index in [1.165, 1.54) is 6.42 Å². The minimum atomic E-state index is 0.351. The highest BCUT2D eigenvalue weighted by Crippen LogP contribution is 2.36. The molecule has 33 heavy (non-hydrogen) atoms. The van der Waals surface area contributed by atoms with Crippen LogP contribution in [0, 0.1) is 0 Å². The average Bonchev–Trinajstić information content (AvgIpc) is 2.85. The lowest BCUT2D eigenvalue weighted by atomic mass is 10.0. The van der Waals surface area contributed by atoms with Crippen LogP contribution in [0.3, 0.4) is 0 Å². The van der Waals surface area contributed by atoms with E-state index in [9.17, 15) is 0 Å². The molecule has 0 saturated carbocycles. The number of pyridine rings is 1. The lowest BCUT2D eigenvalue weighted by molar-refractivity contribution is 0.0357. The molecule has 0 bridgehead atoms. The highest BCUT2D eigenvalue weighted by atomic mass is 35.5. The molecule has 0 atom stereocenters. The molecule has 0 unspecified atom stereocenters. The Morgan fingerprint density at radius 3 is 2.42 bits per heavy atom. The molecule has 1 aromatic carbocycles. The number of hydrogen-bond acceptors (Lipinski definition) is 7. The van der Waals surface area contributed by atoms with Crippen molar-refractivity contribution < 1.29 is 14.2 Å². The first-order chi connectivity index (χ1) is 16.2. The number of benzene rings is 1. The molecular formula is C25H33ClN4O3. The van der Waals surface area contributed by atoms with Gasteiger partial charge in [-0.2, -0.15) is 5.10 Å².